The van der Waals surface area contributed by atoms with E-state index in [0.717, 1.165) is 5.52 Å². The second-order valence-electron chi connectivity index (χ2n) is 8.31. The molecule has 4 rings (SSSR count). The van der Waals surface area contributed by atoms with E-state index < -0.39 is 29.8 Å². The summed E-state index contributed by atoms with van der Waals surface area (Å²) in [7, 11) is 0. The molecule has 0 bridgehead atoms. The Morgan fingerprint density at radius 2 is 2.00 bits per heavy atom. The second-order valence-corrected chi connectivity index (χ2v) is 8.31. The van der Waals surface area contributed by atoms with Crippen LogP contribution in [0.4, 0.5) is 0 Å². The van der Waals surface area contributed by atoms with Crippen LogP contribution in [-0.4, -0.2) is 68.6 Å². The molecule has 176 valence electrons. The number of carbonyl (C=O) groups is 3. The van der Waals surface area contributed by atoms with Gasteiger partial charge in [-0.2, -0.15) is 0 Å². The smallest absolute Gasteiger partial charge is 0.310 e. The number of allylic oxidation sites excluding steroid dienone is 1. The number of fused-ring (bicyclic) bond motifs is 2. The highest BCUT2D eigenvalue weighted by Crippen LogP contribution is 2.45. The van der Waals surface area contributed by atoms with E-state index >= 15 is 0 Å². The van der Waals surface area contributed by atoms with Gasteiger partial charge in [0.1, 0.15) is 18.2 Å². The maximum atomic E-state index is 13.4. The van der Waals surface area contributed by atoms with Gasteiger partial charge >= 0.3 is 5.97 Å². The van der Waals surface area contributed by atoms with Crippen LogP contribution in [0.3, 0.4) is 0 Å². The maximum Gasteiger partial charge on any atom is 0.310 e. The Hall–Kier alpha value is -3.27. The number of hydrogen-bond donors (Lipinski definition) is 2. The molecule has 1 aliphatic carbocycles. The van der Waals surface area contributed by atoms with Crippen molar-refractivity contribution in [2.45, 2.75) is 33.0 Å². The van der Waals surface area contributed by atoms with Gasteiger partial charge in [0.2, 0.25) is 11.8 Å². The van der Waals surface area contributed by atoms with Crippen molar-refractivity contribution in [1.29, 1.82) is 0 Å². The topological polar surface area (TPSA) is 127 Å². The number of likely N-dealkylation sites (tertiary alicyclic amines) is 1. The van der Waals surface area contributed by atoms with Crippen molar-refractivity contribution in [3.63, 3.8) is 0 Å². The standard InChI is InChI=1S/C23H29N5O5/c1-3-14-9-10-15-19(18(14)23(32)33-4-2)22(31)27(11-12-29)20(15)21(30)24-13-28-17-8-6-5-7-16(17)25-26-28/h5-10,14-15,18-20,29H,3-4,11-13H2,1-2H3,(H,24,30)/t14-,15+,18-,19-,20+/m1/s1. The highest BCUT2D eigenvalue weighted by molar-refractivity contribution is 5.96. The zero-order valence-electron chi connectivity index (χ0n) is 18.8. The van der Waals surface area contributed by atoms with Crippen molar-refractivity contribution in [3.8, 4) is 0 Å². The van der Waals surface area contributed by atoms with E-state index in [4.69, 9.17) is 4.74 Å². The van der Waals surface area contributed by atoms with Crippen molar-refractivity contribution in [3.05, 3.63) is 36.4 Å². The van der Waals surface area contributed by atoms with Crippen molar-refractivity contribution >= 4 is 28.8 Å². The number of amides is 2. The Labute approximate surface area is 191 Å². The predicted molar refractivity (Wildman–Crippen MR) is 118 cm³/mol. The molecule has 0 spiro atoms. The minimum absolute atomic E-state index is 0.0103. The first-order valence-electron chi connectivity index (χ1n) is 11.3. The predicted octanol–water partition coefficient (Wildman–Crippen LogP) is 0.716. The van der Waals surface area contributed by atoms with Gasteiger partial charge in [0.25, 0.3) is 0 Å². The molecule has 5 atom stereocenters. The van der Waals surface area contributed by atoms with Crippen LogP contribution in [0.1, 0.15) is 20.3 Å². The van der Waals surface area contributed by atoms with Gasteiger partial charge in [-0.05, 0) is 31.4 Å². The van der Waals surface area contributed by atoms with Crippen molar-refractivity contribution in [1.82, 2.24) is 25.2 Å². The summed E-state index contributed by atoms with van der Waals surface area (Å²) in [5.74, 6) is -3.09. The summed E-state index contributed by atoms with van der Waals surface area (Å²) in [6.45, 7) is 3.71. The number of aliphatic hydroxyl groups excluding tert-OH is 1. The number of aliphatic hydroxyl groups is 1. The number of para-hydroxylation sites is 1. The quantitative estimate of drug-likeness (QED) is 0.443. The third-order valence-corrected chi connectivity index (χ3v) is 6.57. The summed E-state index contributed by atoms with van der Waals surface area (Å²) in [5, 5.41) is 20.6. The SMILES string of the molecule is CCOC(=O)[C@H]1[C@@H]2C(=O)N(CCO)[C@H](C(=O)NCn3nnc4ccccc43)[C@H]2C=C[C@H]1CC. The number of β-amino-alcohol motifs (C(OH)–C–C–N with tert-alkyl or cyclic N) is 1. The molecule has 1 saturated heterocycles. The first kappa shape index (κ1) is 22.9. The molecule has 10 nitrogen and oxygen atoms in total. The summed E-state index contributed by atoms with van der Waals surface area (Å²) < 4.78 is 6.86. The Kier molecular flexibility index (Phi) is 6.73. The van der Waals surface area contributed by atoms with Gasteiger partial charge in [-0.15, -0.1) is 5.10 Å². The van der Waals surface area contributed by atoms with E-state index in [-0.39, 0.29) is 44.2 Å². The summed E-state index contributed by atoms with van der Waals surface area (Å²) >= 11 is 0. The Balaban J connectivity index is 1.60. The van der Waals surface area contributed by atoms with Crippen LogP contribution >= 0.6 is 0 Å². The monoisotopic (exact) mass is 455 g/mol. The molecule has 2 aliphatic rings. The molecule has 1 fully saturated rings. The van der Waals surface area contributed by atoms with Crippen LogP contribution in [0.25, 0.3) is 11.0 Å². The van der Waals surface area contributed by atoms with E-state index in [1.54, 1.807) is 11.6 Å². The van der Waals surface area contributed by atoms with Gasteiger partial charge < -0.3 is 20.1 Å². The van der Waals surface area contributed by atoms with Crippen LogP contribution in [0.2, 0.25) is 0 Å². The van der Waals surface area contributed by atoms with Crippen LogP contribution in [0.15, 0.2) is 36.4 Å². The third-order valence-electron chi connectivity index (χ3n) is 6.57. The fourth-order valence-corrected chi connectivity index (χ4v) is 5.09. The number of aromatic nitrogens is 3. The van der Waals surface area contributed by atoms with Gasteiger partial charge in [0.15, 0.2) is 0 Å². The van der Waals surface area contributed by atoms with E-state index in [9.17, 15) is 19.5 Å². The largest absolute Gasteiger partial charge is 0.466 e. The molecular formula is C23H29N5O5. The lowest BCUT2D eigenvalue weighted by atomic mass is 9.69. The Morgan fingerprint density at radius 1 is 1.21 bits per heavy atom. The minimum Gasteiger partial charge on any atom is -0.466 e. The molecule has 1 aromatic carbocycles. The lowest BCUT2D eigenvalue weighted by Crippen LogP contribution is -2.48. The molecule has 33 heavy (non-hydrogen) atoms. The third kappa shape index (κ3) is 4.10. The summed E-state index contributed by atoms with van der Waals surface area (Å²) in [5.41, 5.74) is 1.49. The summed E-state index contributed by atoms with van der Waals surface area (Å²) in [6, 6.07) is 6.56. The molecule has 0 saturated carbocycles. The van der Waals surface area contributed by atoms with Crippen molar-refractivity contribution < 1.29 is 24.2 Å². The van der Waals surface area contributed by atoms with Crippen LogP contribution in [-0.2, 0) is 25.8 Å². The van der Waals surface area contributed by atoms with E-state index in [0.29, 0.717) is 11.9 Å². The Morgan fingerprint density at radius 3 is 2.73 bits per heavy atom. The lowest BCUT2D eigenvalue weighted by molar-refractivity contribution is -0.155. The highest BCUT2D eigenvalue weighted by atomic mass is 16.5. The average molecular weight is 456 g/mol. The normalized spacial score (nSPS) is 26.5. The Bertz CT molecular complexity index is 1070. The number of hydrogen-bond acceptors (Lipinski definition) is 7. The minimum atomic E-state index is -0.838. The van der Waals surface area contributed by atoms with Crippen LogP contribution in [0, 0.1) is 23.7 Å². The van der Waals surface area contributed by atoms with Gasteiger partial charge in [0.05, 0.1) is 30.6 Å². The maximum absolute atomic E-state index is 13.4. The van der Waals surface area contributed by atoms with Crippen molar-refractivity contribution in [2.75, 3.05) is 19.8 Å². The van der Waals surface area contributed by atoms with E-state index in [1.807, 2.05) is 43.3 Å². The number of esters is 1. The van der Waals surface area contributed by atoms with Crippen LogP contribution < -0.4 is 5.32 Å². The molecule has 2 aromatic rings. The van der Waals surface area contributed by atoms with Gasteiger partial charge in [-0.3, -0.25) is 14.4 Å². The molecule has 0 unspecified atom stereocenters. The molecule has 2 heterocycles. The highest BCUT2D eigenvalue weighted by Gasteiger charge is 2.57. The zero-order chi connectivity index (χ0) is 23.5. The molecular weight excluding hydrogens is 426 g/mol. The lowest BCUT2D eigenvalue weighted by Gasteiger charge is -2.33. The number of carbonyl (C=O) groups excluding carboxylic acids is 3. The molecule has 1 aliphatic heterocycles. The number of ether oxygens (including phenoxy) is 1. The molecule has 10 heteroatoms. The number of benzene rings is 1. The number of rotatable bonds is 8. The van der Waals surface area contributed by atoms with Gasteiger partial charge in [-0.1, -0.05) is 36.4 Å². The van der Waals surface area contributed by atoms with E-state index in [1.165, 1.54) is 4.90 Å². The molecule has 2 amide bonds. The molecule has 0 radical (unpaired) electrons. The first-order valence-corrected chi connectivity index (χ1v) is 11.3. The summed E-state index contributed by atoms with van der Waals surface area (Å²) in [6.07, 6.45) is 4.47. The molecule has 2 N–H and O–H groups in total. The fraction of sp³-hybridized carbons (Fsp3) is 0.522. The van der Waals surface area contributed by atoms with E-state index in [2.05, 4.69) is 15.6 Å². The van der Waals surface area contributed by atoms with Crippen LogP contribution in [0.5, 0.6) is 0 Å². The zero-order valence-corrected chi connectivity index (χ0v) is 18.8. The second kappa shape index (κ2) is 9.70. The average Bonchev–Trinajstić information content (AvgIpc) is 3.36. The first-order chi connectivity index (χ1) is 16.0. The van der Waals surface area contributed by atoms with Gasteiger partial charge in [-0.25, -0.2) is 4.68 Å². The fourth-order valence-electron chi connectivity index (χ4n) is 5.09. The number of nitrogens with one attached hydrogen (secondary N) is 1. The molecule has 1 aromatic heterocycles. The number of nitrogens with zero attached hydrogens (tertiary/aromatic N) is 4. The van der Waals surface area contributed by atoms with Gasteiger partial charge in [0, 0.05) is 12.5 Å². The summed E-state index contributed by atoms with van der Waals surface area (Å²) in [4.78, 5) is 40.9. The van der Waals surface area contributed by atoms with Crippen molar-refractivity contribution in [2.24, 2.45) is 23.7 Å².